The second-order valence-electron chi connectivity index (χ2n) is 2.93. The molecule has 0 unspecified atom stereocenters. The van der Waals surface area contributed by atoms with Crippen LogP contribution in [0.2, 0.25) is 0 Å². The predicted molar refractivity (Wildman–Crippen MR) is 54.8 cm³/mol. The Balaban J connectivity index is 0. The van der Waals surface area contributed by atoms with Crippen molar-refractivity contribution in [2.75, 3.05) is 0 Å². The molecule has 1 aromatic carbocycles. The molecule has 0 saturated heterocycles. The second kappa shape index (κ2) is 8.25. The number of hydrogen-bond donors (Lipinski definition) is 2. The van der Waals surface area contributed by atoms with Crippen molar-refractivity contribution in [1.82, 2.24) is 0 Å². The molecule has 2 N–H and O–H groups in total. The Morgan fingerprint density at radius 1 is 1.14 bits per heavy atom. The number of hydrogen-bond acceptors (Lipinski definition) is 2. The minimum absolute atomic E-state index is 0. The van der Waals surface area contributed by atoms with Gasteiger partial charge in [-0.1, -0.05) is 19.4 Å². The fourth-order valence-corrected chi connectivity index (χ4v) is 1.11. The van der Waals surface area contributed by atoms with Crippen LogP contribution in [0.3, 0.4) is 0 Å². The van der Waals surface area contributed by atoms with Gasteiger partial charge in [0.1, 0.15) is 0 Å². The number of phenols is 2. The maximum atomic E-state index is 9.15. The molecule has 0 atom stereocenters. The first-order chi connectivity index (χ1) is 5.74. The van der Waals surface area contributed by atoms with E-state index in [2.05, 4.69) is 6.92 Å². The largest absolute Gasteiger partial charge is 0.504 e. The molecule has 77 valence electrons. The average molecular weight is 270 g/mol. The van der Waals surface area contributed by atoms with Crippen molar-refractivity contribution >= 4 is 0 Å². The summed E-state index contributed by atoms with van der Waals surface area (Å²) in [5.74, 6) is -0.0705. The van der Waals surface area contributed by atoms with Gasteiger partial charge in [-0.05, 0) is 30.5 Å². The van der Waals surface area contributed by atoms with Crippen LogP contribution in [-0.4, -0.2) is 10.2 Å². The number of rotatable bonds is 3. The summed E-state index contributed by atoms with van der Waals surface area (Å²) in [5, 5.41) is 18.2. The topological polar surface area (TPSA) is 40.5 Å². The van der Waals surface area contributed by atoms with Gasteiger partial charge in [-0.15, -0.1) is 0 Å². The smallest absolute Gasteiger partial charge is 0.157 e. The van der Waals surface area contributed by atoms with Gasteiger partial charge < -0.3 is 17.6 Å². The van der Waals surface area contributed by atoms with Crippen molar-refractivity contribution in [3.05, 3.63) is 31.2 Å². The van der Waals surface area contributed by atoms with Gasteiger partial charge >= 0.3 is 0 Å². The van der Waals surface area contributed by atoms with Gasteiger partial charge in [0.05, 0.1) is 0 Å². The van der Waals surface area contributed by atoms with E-state index < -0.39 is 0 Å². The van der Waals surface area contributed by atoms with Crippen LogP contribution in [0.4, 0.5) is 0 Å². The zero-order chi connectivity index (χ0) is 8.97. The molecule has 0 aromatic heterocycles. The van der Waals surface area contributed by atoms with Gasteiger partial charge in [0.25, 0.3) is 0 Å². The third-order valence-electron chi connectivity index (χ3n) is 1.86. The molecule has 0 aliphatic rings. The quantitative estimate of drug-likeness (QED) is 0.655. The molecule has 0 aliphatic carbocycles. The third-order valence-corrected chi connectivity index (χ3v) is 1.86. The molecule has 0 amide bonds. The van der Waals surface area contributed by atoms with Crippen LogP contribution in [0, 0.1) is 7.43 Å². The molecule has 1 aromatic rings. The molecule has 0 heterocycles. The maximum absolute atomic E-state index is 9.15. The molecule has 3 heteroatoms. The first-order valence-electron chi connectivity index (χ1n) is 4.25. The Labute approximate surface area is 111 Å². The minimum atomic E-state index is -0.0461. The summed E-state index contributed by atoms with van der Waals surface area (Å²) in [5.41, 5.74) is 1.08. The van der Waals surface area contributed by atoms with Crippen LogP contribution < -0.4 is 0 Å². The summed E-state index contributed by atoms with van der Waals surface area (Å²) in [6.45, 7) is 2.13. The van der Waals surface area contributed by atoms with Gasteiger partial charge in [0.15, 0.2) is 11.5 Å². The molecule has 0 saturated carbocycles. The van der Waals surface area contributed by atoms with E-state index >= 15 is 0 Å². The second-order valence-corrected chi connectivity index (χ2v) is 2.93. The number of phenolic OH excluding ortho intramolecular Hbond substituents is 2. The van der Waals surface area contributed by atoms with Gasteiger partial charge in [0, 0.05) is 32.7 Å². The van der Waals surface area contributed by atoms with Crippen molar-refractivity contribution in [2.45, 2.75) is 26.2 Å². The van der Waals surface area contributed by atoms with Crippen LogP contribution in [-0.2, 0) is 39.1 Å². The Morgan fingerprint density at radius 3 is 2.29 bits per heavy atom. The number of aryl methyl sites for hydroxylation is 1. The van der Waals surface area contributed by atoms with Crippen LogP contribution in [0.1, 0.15) is 25.3 Å². The maximum Gasteiger partial charge on any atom is 0.157 e. The minimum Gasteiger partial charge on any atom is -0.504 e. The zero-order valence-electron chi connectivity index (χ0n) is 8.83. The first-order valence-corrected chi connectivity index (χ1v) is 4.25. The fourth-order valence-electron chi connectivity index (χ4n) is 1.11. The fraction of sp³-hybridized carbons (Fsp3) is 0.364. The van der Waals surface area contributed by atoms with E-state index in [-0.39, 0.29) is 51.6 Å². The molecule has 14 heavy (non-hydrogen) atoms. The molecular formula is C11H17O2Y-. The normalized spacial score (nSPS) is 8.64. The van der Waals surface area contributed by atoms with Gasteiger partial charge in [-0.2, -0.15) is 0 Å². The van der Waals surface area contributed by atoms with Crippen LogP contribution >= 0.6 is 0 Å². The van der Waals surface area contributed by atoms with Crippen molar-refractivity contribution in [2.24, 2.45) is 0 Å². The number of aromatic hydroxyl groups is 2. The first kappa shape index (κ1) is 16.4. The Bertz CT molecular complexity index is 261. The summed E-state index contributed by atoms with van der Waals surface area (Å²) >= 11 is 0. The van der Waals surface area contributed by atoms with E-state index in [0.29, 0.717) is 0 Å². The van der Waals surface area contributed by atoms with Gasteiger partial charge in [-0.3, -0.25) is 0 Å². The van der Waals surface area contributed by atoms with Crippen LogP contribution in [0.15, 0.2) is 18.2 Å². The molecular weight excluding hydrogens is 253 g/mol. The zero-order valence-corrected chi connectivity index (χ0v) is 11.7. The van der Waals surface area contributed by atoms with Gasteiger partial charge in [0.2, 0.25) is 0 Å². The van der Waals surface area contributed by atoms with E-state index in [4.69, 9.17) is 10.2 Å². The van der Waals surface area contributed by atoms with E-state index in [1.165, 1.54) is 6.07 Å². The SMILES string of the molecule is CCCCc1ccc(O)c(O)c1.[CH3-].[Y]. The van der Waals surface area contributed by atoms with Crippen molar-refractivity contribution < 1.29 is 42.9 Å². The average Bonchev–Trinajstić information content (AvgIpc) is 2.07. The monoisotopic (exact) mass is 270 g/mol. The summed E-state index contributed by atoms with van der Waals surface area (Å²) in [6.07, 6.45) is 3.22. The van der Waals surface area contributed by atoms with E-state index in [1.54, 1.807) is 6.07 Å². The van der Waals surface area contributed by atoms with Gasteiger partial charge in [-0.25, -0.2) is 0 Å². The summed E-state index contributed by atoms with van der Waals surface area (Å²) in [7, 11) is 0. The third kappa shape index (κ3) is 4.97. The van der Waals surface area contributed by atoms with Crippen molar-refractivity contribution in [3.63, 3.8) is 0 Å². The Morgan fingerprint density at radius 2 is 1.79 bits per heavy atom. The van der Waals surface area contributed by atoms with Crippen LogP contribution in [0.5, 0.6) is 11.5 Å². The summed E-state index contributed by atoms with van der Waals surface area (Å²) in [6, 6.07) is 4.98. The standard InChI is InChI=1S/C10H14O2.CH3.Y/c1-2-3-4-8-5-6-9(11)10(12)7-8;;/h5-7,11-12H,2-4H2,1H3;1H3;/q;-1;. The van der Waals surface area contributed by atoms with Crippen molar-refractivity contribution in [3.8, 4) is 11.5 Å². The molecule has 0 bridgehead atoms. The summed E-state index contributed by atoms with van der Waals surface area (Å²) in [4.78, 5) is 0. The summed E-state index contributed by atoms with van der Waals surface area (Å²) < 4.78 is 0. The Hall–Kier alpha value is -0.0761. The van der Waals surface area contributed by atoms with E-state index in [0.717, 1.165) is 24.8 Å². The number of unbranched alkanes of at least 4 members (excludes halogenated alkanes) is 1. The van der Waals surface area contributed by atoms with E-state index in [1.807, 2.05) is 6.07 Å². The molecule has 0 aliphatic heterocycles. The molecule has 2 nitrogen and oxygen atoms in total. The van der Waals surface area contributed by atoms with Crippen LogP contribution in [0.25, 0.3) is 0 Å². The Kier molecular flexibility index (Phi) is 9.64. The molecule has 0 spiro atoms. The number of benzene rings is 1. The molecule has 1 rings (SSSR count). The molecule has 1 radical (unpaired) electrons. The van der Waals surface area contributed by atoms with E-state index in [9.17, 15) is 0 Å². The molecule has 0 fully saturated rings. The van der Waals surface area contributed by atoms with Crippen molar-refractivity contribution in [1.29, 1.82) is 0 Å². The predicted octanol–water partition coefficient (Wildman–Crippen LogP) is 2.89.